The molecule has 0 aliphatic rings. The number of rotatable bonds is 4. The zero-order valence-corrected chi connectivity index (χ0v) is 12.4. The van der Waals surface area contributed by atoms with E-state index in [1.165, 1.54) is 6.07 Å². The zero-order chi connectivity index (χ0) is 16.4. The molecule has 7 heteroatoms. The molecule has 116 valence electrons. The van der Waals surface area contributed by atoms with Crippen LogP contribution in [0.1, 0.15) is 11.1 Å². The summed E-state index contributed by atoms with van der Waals surface area (Å²) >= 11 is 0. The normalized spacial score (nSPS) is 10.7. The molecule has 0 aliphatic heterocycles. The Bertz CT molecular complexity index is 901. The summed E-state index contributed by atoms with van der Waals surface area (Å²) in [4.78, 5) is 29.4. The standard InChI is InChI=1S/C16H14N4O3/c1-10-6-12(20(22)23)9-18-16(10)19-15(21)7-11-8-17-14-5-3-2-4-13(11)14/h2-6,8-9,17H,7H2,1H3,(H,18,19,21). The lowest BCUT2D eigenvalue weighted by Gasteiger charge is -2.06. The molecule has 0 spiro atoms. The van der Waals surface area contributed by atoms with Crippen LogP contribution in [0.3, 0.4) is 0 Å². The minimum atomic E-state index is -0.516. The van der Waals surface area contributed by atoms with Crippen LogP contribution in [0.5, 0.6) is 0 Å². The van der Waals surface area contributed by atoms with Crippen molar-refractivity contribution in [3.8, 4) is 0 Å². The van der Waals surface area contributed by atoms with Crippen LogP contribution in [0.15, 0.2) is 42.7 Å². The number of nitrogens with zero attached hydrogens (tertiary/aromatic N) is 2. The van der Waals surface area contributed by atoms with E-state index in [2.05, 4.69) is 15.3 Å². The van der Waals surface area contributed by atoms with Crippen molar-refractivity contribution in [2.24, 2.45) is 0 Å². The Morgan fingerprint density at radius 2 is 2.17 bits per heavy atom. The van der Waals surface area contributed by atoms with E-state index in [0.717, 1.165) is 22.7 Å². The van der Waals surface area contributed by atoms with Gasteiger partial charge in [0.25, 0.3) is 5.69 Å². The Kier molecular flexibility index (Phi) is 3.76. The maximum absolute atomic E-state index is 12.2. The fourth-order valence-electron chi connectivity index (χ4n) is 2.42. The van der Waals surface area contributed by atoms with E-state index in [-0.39, 0.29) is 18.0 Å². The van der Waals surface area contributed by atoms with Crippen molar-refractivity contribution in [2.75, 3.05) is 5.32 Å². The maximum atomic E-state index is 12.2. The lowest BCUT2D eigenvalue weighted by Crippen LogP contribution is -2.16. The van der Waals surface area contributed by atoms with Gasteiger partial charge in [-0.15, -0.1) is 0 Å². The molecule has 0 unspecified atom stereocenters. The summed E-state index contributed by atoms with van der Waals surface area (Å²) in [7, 11) is 0. The number of aryl methyl sites for hydroxylation is 1. The molecular formula is C16H14N4O3. The lowest BCUT2D eigenvalue weighted by atomic mass is 10.1. The molecule has 7 nitrogen and oxygen atoms in total. The molecule has 0 saturated carbocycles. The van der Waals surface area contributed by atoms with Crippen molar-refractivity contribution < 1.29 is 9.72 Å². The number of fused-ring (bicyclic) bond motifs is 1. The summed E-state index contributed by atoms with van der Waals surface area (Å²) < 4.78 is 0. The first kappa shape index (κ1) is 14.7. The zero-order valence-electron chi connectivity index (χ0n) is 12.4. The molecule has 0 aliphatic carbocycles. The van der Waals surface area contributed by atoms with Gasteiger partial charge in [-0.25, -0.2) is 4.98 Å². The second-order valence-corrected chi connectivity index (χ2v) is 5.20. The van der Waals surface area contributed by atoms with Crippen molar-refractivity contribution in [2.45, 2.75) is 13.3 Å². The molecule has 0 atom stereocenters. The molecule has 2 aromatic heterocycles. The number of aromatic nitrogens is 2. The first-order valence-electron chi connectivity index (χ1n) is 7.00. The van der Waals surface area contributed by atoms with Crippen LogP contribution in [0.2, 0.25) is 0 Å². The predicted octanol–water partition coefficient (Wildman–Crippen LogP) is 2.96. The third kappa shape index (κ3) is 3.03. The number of anilines is 1. The van der Waals surface area contributed by atoms with Gasteiger partial charge in [-0.05, 0) is 24.1 Å². The molecule has 23 heavy (non-hydrogen) atoms. The van der Waals surface area contributed by atoms with E-state index in [0.29, 0.717) is 11.4 Å². The molecule has 0 fully saturated rings. The van der Waals surface area contributed by atoms with E-state index in [1.807, 2.05) is 24.3 Å². The molecule has 3 rings (SSSR count). The molecule has 2 N–H and O–H groups in total. The number of amides is 1. The summed E-state index contributed by atoms with van der Waals surface area (Å²) in [5, 5.41) is 14.4. The van der Waals surface area contributed by atoms with E-state index < -0.39 is 4.92 Å². The van der Waals surface area contributed by atoms with Crippen LogP contribution in [0.4, 0.5) is 11.5 Å². The van der Waals surface area contributed by atoms with Crippen molar-refractivity contribution in [1.29, 1.82) is 0 Å². The number of aromatic amines is 1. The van der Waals surface area contributed by atoms with Gasteiger partial charge in [0, 0.05) is 23.2 Å². The Balaban J connectivity index is 1.76. The van der Waals surface area contributed by atoms with Gasteiger partial charge >= 0.3 is 0 Å². The summed E-state index contributed by atoms with van der Waals surface area (Å²) in [5.74, 6) is 0.111. The maximum Gasteiger partial charge on any atom is 0.287 e. The average Bonchev–Trinajstić information content (AvgIpc) is 2.92. The van der Waals surface area contributed by atoms with Crippen LogP contribution in [-0.2, 0) is 11.2 Å². The highest BCUT2D eigenvalue weighted by atomic mass is 16.6. The number of para-hydroxylation sites is 1. The van der Waals surface area contributed by atoms with Crippen molar-refractivity contribution in [3.05, 3.63) is 64.0 Å². The van der Waals surface area contributed by atoms with Crippen LogP contribution in [0.25, 0.3) is 10.9 Å². The molecule has 3 aromatic rings. The number of benzene rings is 1. The first-order valence-corrected chi connectivity index (χ1v) is 7.00. The molecule has 0 saturated heterocycles. The summed E-state index contributed by atoms with van der Waals surface area (Å²) in [6.07, 6.45) is 3.14. The van der Waals surface area contributed by atoms with Gasteiger partial charge in [0.2, 0.25) is 5.91 Å². The van der Waals surface area contributed by atoms with E-state index in [9.17, 15) is 14.9 Å². The van der Waals surface area contributed by atoms with Gasteiger partial charge in [0.05, 0.1) is 11.3 Å². The highest BCUT2D eigenvalue weighted by molar-refractivity contribution is 5.95. The van der Waals surface area contributed by atoms with Crippen LogP contribution < -0.4 is 5.32 Å². The third-order valence-electron chi connectivity index (χ3n) is 3.56. The van der Waals surface area contributed by atoms with Gasteiger partial charge in [-0.1, -0.05) is 18.2 Å². The highest BCUT2D eigenvalue weighted by Gasteiger charge is 2.13. The fourth-order valence-corrected chi connectivity index (χ4v) is 2.42. The Hall–Kier alpha value is -3.22. The Morgan fingerprint density at radius 3 is 2.91 bits per heavy atom. The Labute approximate surface area is 131 Å². The molecule has 0 bridgehead atoms. The van der Waals surface area contributed by atoms with Crippen LogP contribution in [-0.4, -0.2) is 20.8 Å². The molecular weight excluding hydrogens is 296 g/mol. The quantitative estimate of drug-likeness (QED) is 0.571. The molecule has 2 heterocycles. The molecule has 1 amide bonds. The summed E-state index contributed by atoms with van der Waals surface area (Å²) in [5.41, 5.74) is 2.31. The van der Waals surface area contributed by atoms with Gasteiger partial charge in [-0.2, -0.15) is 0 Å². The lowest BCUT2D eigenvalue weighted by molar-refractivity contribution is -0.385. The van der Waals surface area contributed by atoms with Gasteiger partial charge < -0.3 is 10.3 Å². The van der Waals surface area contributed by atoms with Crippen molar-refractivity contribution in [3.63, 3.8) is 0 Å². The summed E-state index contributed by atoms with van der Waals surface area (Å²) in [6.45, 7) is 1.67. The number of carbonyl (C=O) groups is 1. The number of nitrogens with one attached hydrogen (secondary N) is 2. The first-order chi connectivity index (χ1) is 11.0. The van der Waals surface area contributed by atoms with Crippen LogP contribution in [0, 0.1) is 17.0 Å². The monoisotopic (exact) mass is 310 g/mol. The van der Waals surface area contributed by atoms with E-state index in [4.69, 9.17) is 0 Å². The minimum absolute atomic E-state index is 0.0999. The second-order valence-electron chi connectivity index (χ2n) is 5.20. The number of pyridine rings is 1. The second kappa shape index (κ2) is 5.88. The van der Waals surface area contributed by atoms with Crippen LogP contribution >= 0.6 is 0 Å². The van der Waals surface area contributed by atoms with Gasteiger partial charge in [0.15, 0.2) is 0 Å². The number of carbonyl (C=O) groups excluding carboxylic acids is 1. The predicted molar refractivity (Wildman–Crippen MR) is 86.3 cm³/mol. The number of hydrogen-bond donors (Lipinski definition) is 2. The van der Waals surface area contributed by atoms with Crippen molar-refractivity contribution in [1.82, 2.24) is 9.97 Å². The van der Waals surface area contributed by atoms with Gasteiger partial charge in [-0.3, -0.25) is 14.9 Å². The van der Waals surface area contributed by atoms with E-state index in [1.54, 1.807) is 13.1 Å². The molecule has 1 aromatic carbocycles. The number of hydrogen-bond acceptors (Lipinski definition) is 4. The SMILES string of the molecule is Cc1cc([N+](=O)[O-])cnc1NC(=O)Cc1c[nH]c2ccccc12. The number of nitro groups is 1. The number of H-pyrrole nitrogens is 1. The molecule has 0 radical (unpaired) electrons. The minimum Gasteiger partial charge on any atom is -0.361 e. The highest BCUT2D eigenvalue weighted by Crippen LogP contribution is 2.20. The van der Waals surface area contributed by atoms with E-state index >= 15 is 0 Å². The largest absolute Gasteiger partial charge is 0.361 e. The van der Waals surface area contributed by atoms with Gasteiger partial charge in [0.1, 0.15) is 12.0 Å². The summed E-state index contributed by atoms with van der Waals surface area (Å²) in [6, 6.07) is 9.11. The topological polar surface area (TPSA) is 101 Å². The third-order valence-corrected chi connectivity index (χ3v) is 3.56. The van der Waals surface area contributed by atoms with Crippen molar-refractivity contribution >= 4 is 28.3 Å². The smallest absolute Gasteiger partial charge is 0.287 e. The average molecular weight is 310 g/mol. The fraction of sp³-hybridized carbons (Fsp3) is 0.125. The Morgan fingerprint density at radius 1 is 1.39 bits per heavy atom.